The molecule has 0 fully saturated rings. The van der Waals surface area contributed by atoms with Crippen molar-refractivity contribution in [3.63, 3.8) is 0 Å². The van der Waals surface area contributed by atoms with Gasteiger partial charge in [0.1, 0.15) is 0 Å². The lowest BCUT2D eigenvalue weighted by Crippen LogP contribution is -2.15. The van der Waals surface area contributed by atoms with Crippen LogP contribution in [0.15, 0.2) is 18.3 Å². The van der Waals surface area contributed by atoms with E-state index in [0.29, 0.717) is 0 Å². The molecule has 0 amide bonds. The maximum absolute atomic E-state index is 12.3. The molecule has 1 rings (SSSR count). The molecule has 3 nitrogen and oxygen atoms in total. The van der Waals surface area contributed by atoms with Crippen LogP contribution in [0.5, 0.6) is 0 Å². The van der Waals surface area contributed by atoms with Crippen molar-refractivity contribution >= 4 is 5.97 Å². The van der Waals surface area contributed by atoms with Gasteiger partial charge in [0.2, 0.25) is 0 Å². The first-order valence-electron chi connectivity index (χ1n) is 3.57. The Bertz CT molecular complexity index is 349. The zero-order chi connectivity index (χ0) is 10.8. The number of carbonyl (C=O) groups excluding carboxylic acids is 1. The van der Waals surface area contributed by atoms with Gasteiger partial charge in [-0.25, -0.2) is 9.78 Å². The number of hydrogen-bond acceptors (Lipinski definition) is 3. The summed E-state index contributed by atoms with van der Waals surface area (Å²) in [6.45, 7) is 0. The van der Waals surface area contributed by atoms with Crippen LogP contribution in [0.1, 0.15) is 16.1 Å². The minimum Gasteiger partial charge on any atom is -0.464 e. The molecule has 0 aromatic carbocycles. The summed E-state index contributed by atoms with van der Waals surface area (Å²) in [4.78, 5) is 14.2. The summed E-state index contributed by atoms with van der Waals surface area (Å²) in [6.07, 6.45) is -3.50. The van der Waals surface area contributed by atoms with Crippen LogP contribution in [0, 0.1) is 0 Å². The van der Waals surface area contributed by atoms with Crippen LogP contribution in [0.2, 0.25) is 0 Å². The maximum Gasteiger partial charge on any atom is 0.418 e. The predicted octanol–water partition coefficient (Wildman–Crippen LogP) is 1.89. The third-order valence-corrected chi connectivity index (χ3v) is 1.49. The van der Waals surface area contributed by atoms with Gasteiger partial charge < -0.3 is 4.74 Å². The summed E-state index contributed by atoms with van der Waals surface area (Å²) < 4.78 is 41.1. The second kappa shape index (κ2) is 3.65. The number of esters is 1. The average molecular weight is 205 g/mol. The summed E-state index contributed by atoms with van der Waals surface area (Å²) in [6, 6.07) is 1.88. The molecule has 76 valence electrons. The molecule has 0 unspecified atom stereocenters. The van der Waals surface area contributed by atoms with E-state index in [1.165, 1.54) is 0 Å². The Morgan fingerprint density at radius 1 is 1.50 bits per heavy atom. The van der Waals surface area contributed by atoms with Gasteiger partial charge in [-0.15, -0.1) is 0 Å². The van der Waals surface area contributed by atoms with Crippen molar-refractivity contribution < 1.29 is 22.7 Å². The number of carbonyl (C=O) groups is 1. The molecular formula is C8H6F3NO2. The second-order valence-electron chi connectivity index (χ2n) is 2.39. The molecule has 0 atom stereocenters. The van der Waals surface area contributed by atoms with E-state index >= 15 is 0 Å². The fourth-order valence-corrected chi connectivity index (χ4v) is 0.893. The lowest BCUT2D eigenvalue weighted by Gasteiger charge is -2.09. The number of ether oxygens (including phenoxy) is 1. The standard InChI is InChI=1S/C8H6F3NO2/c1-14-7(13)6-5(8(9,10)11)3-2-4-12-6/h2-4H,1H3. The van der Waals surface area contributed by atoms with Crippen molar-refractivity contribution in [3.05, 3.63) is 29.6 Å². The molecule has 14 heavy (non-hydrogen) atoms. The average Bonchev–Trinajstić information content (AvgIpc) is 2.15. The lowest BCUT2D eigenvalue weighted by molar-refractivity contribution is -0.138. The molecular weight excluding hydrogens is 199 g/mol. The number of rotatable bonds is 1. The fraction of sp³-hybridized carbons (Fsp3) is 0.250. The van der Waals surface area contributed by atoms with Crippen LogP contribution < -0.4 is 0 Å². The molecule has 0 N–H and O–H groups in total. The van der Waals surface area contributed by atoms with Crippen molar-refractivity contribution in [2.75, 3.05) is 7.11 Å². The first kappa shape index (κ1) is 10.5. The number of methoxy groups -OCH3 is 1. The summed E-state index contributed by atoms with van der Waals surface area (Å²) in [5.74, 6) is -1.10. The Balaban J connectivity index is 3.23. The minimum atomic E-state index is -4.60. The molecule has 0 bridgehead atoms. The van der Waals surface area contributed by atoms with Crippen LogP contribution in [-0.2, 0) is 10.9 Å². The van der Waals surface area contributed by atoms with Crippen molar-refractivity contribution in [1.82, 2.24) is 4.98 Å². The van der Waals surface area contributed by atoms with Crippen LogP contribution >= 0.6 is 0 Å². The summed E-state index contributed by atoms with van der Waals surface area (Å²) in [5, 5.41) is 0. The van der Waals surface area contributed by atoms with E-state index in [1.54, 1.807) is 0 Å². The molecule has 6 heteroatoms. The Labute approximate surface area is 77.5 Å². The monoisotopic (exact) mass is 205 g/mol. The van der Waals surface area contributed by atoms with Gasteiger partial charge in [0, 0.05) is 6.20 Å². The van der Waals surface area contributed by atoms with Crippen LogP contribution in [0.4, 0.5) is 13.2 Å². The van der Waals surface area contributed by atoms with Crippen molar-refractivity contribution in [3.8, 4) is 0 Å². The van der Waals surface area contributed by atoms with Gasteiger partial charge in [-0.2, -0.15) is 13.2 Å². The zero-order valence-electron chi connectivity index (χ0n) is 7.13. The van der Waals surface area contributed by atoms with E-state index in [2.05, 4.69) is 9.72 Å². The van der Waals surface area contributed by atoms with E-state index in [1.807, 2.05) is 0 Å². The molecule has 1 aromatic heterocycles. The Kier molecular flexibility index (Phi) is 2.73. The highest BCUT2D eigenvalue weighted by Gasteiger charge is 2.36. The zero-order valence-corrected chi connectivity index (χ0v) is 7.13. The highest BCUT2D eigenvalue weighted by Crippen LogP contribution is 2.30. The van der Waals surface area contributed by atoms with E-state index in [4.69, 9.17) is 0 Å². The molecule has 0 saturated carbocycles. The van der Waals surface area contributed by atoms with E-state index < -0.39 is 23.4 Å². The Morgan fingerprint density at radius 3 is 2.64 bits per heavy atom. The molecule has 0 aliphatic heterocycles. The van der Waals surface area contributed by atoms with Gasteiger partial charge in [-0.05, 0) is 12.1 Å². The molecule has 0 spiro atoms. The van der Waals surface area contributed by atoms with E-state index in [-0.39, 0.29) is 0 Å². The maximum atomic E-state index is 12.3. The predicted molar refractivity (Wildman–Crippen MR) is 40.6 cm³/mol. The van der Waals surface area contributed by atoms with Gasteiger partial charge in [-0.3, -0.25) is 0 Å². The summed E-state index contributed by atoms with van der Waals surface area (Å²) >= 11 is 0. The Morgan fingerprint density at radius 2 is 2.14 bits per heavy atom. The normalized spacial score (nSPS) is 11.1. The second-order valence-corrected chi connectivity index (χ2v) is 2.39. The van der Waals surface area contributed by atoms with Gasteiger partial charge in [0.15, 0.2) is 5.69 Å². The molecule has 1 heterocycles. The number of aromatic nitrogens is 1. The van der Waals surface area contributed by atoms with Gasteiger partial charge in [-0.1, -0.05) is 0 Å². The number of halogens is 3. The smallest absolute Gasteiger partial charge is 0.418 e. The lowest BCUT2D eigenvalue weighted by atomic mass is 10.2. The van der Waals surface area contributed by atoms with Gasteiger partial charge in [0.25, 0.3) is 0 Å². The Hall–Kier alpha value is -1.59. The van der Waals surface area contributed by atoms with Crippen LogP contribution in [-0.4, -0.2) is 18.1 Å². The topological polar surface area (TPSA) is 39.2 Å². The van der Waals surface area contributed by atoms with Gasteiger partial charge in [0.05, 0.1) is 12.7 Å². The van der Waals surface area contributed by atoms with Crippen LogP contribution in [0.3, 0.4) is 0 Å². The SMILES string of the molecule is COC(=O)c1ncccc1C(F)(F)F. The number of nitrogens with zero attached hydrogens (tertiary/aromatic N) is 1. The van der Waals surface area contributed by atoms with Crippen molar-refractivity contribution in [1.29, 1.82) is 0 Å². The number of pyridine rings is 1. The first-order chi connectivity index (χ1) is 6.46. The molecule has 0 aliphatic carbocycles. The molecule has 0 aliphatic rings. The van der Waals surface area contributed by atoms with Crippen molar-refractivity contribution in [2.24, 2.45) is 0 Å². The fourth-order valence-electron chi connectivity index (χ4n) is 0.893. The minimum absolute atomic E-state index is 0.720. The summed E-state index contributed by atoms with van der Waals surface area (Å²) in [7, 11) is 0.997. The van der Waals surface area contributed by atoms with E-state index in [9.17, 15) is 18.0 Å². The summed E-state index contributed by atoms with van der Waals surface area (Å²) in [5.41, 5.74) is -1.81. The molecule has 0 saturated heterocycles. The van der Waals surface area contributed by atoms with Crippen molar-refractivity contribution in [2.45, 2.75) is 6.18 Å². The third kappa shape index (κ3) is 2.01. The highest BCUT2D eigenvalue weighted by atomic mass is 19.4. The van der Waals surface area contributed by atoms with Crippen LogP contribution in [0.25, 0.3) is 0 Å². The van der Waals surface area contributed by atoms with Gasteiger partial charge >= 0.3 is 12.1 Å². The molecule has 0 radical (unpaired) electrons. The highest BCUT2D eigenvalue weighted by molar-refractivity contribution is 5.88. The number of alkyl halides is 3. The largest absolute Gasteiger partial charge is 0.464 e. The molecule has 1 aromatic rings. The quantitative estimate of drug-likeness (QED) is 0.657. The number of hydrogen-bond donors (Lipinski definition) is 0. The van der Waals surface area contributed by atoms with E-state index in [0.717, 1.165) is 25.4 Å². The first-order valence-corrected chi connectivity index (χ1v) is 3.57. The third-order valence-electron chi connectivity index (χ3n) is 1.49.